The Bertz CT molecular complexity index is 105. The molecule has 0 saturated heterocycles. The van der Waals surface area contributed by atoms with Crippen LogP contribution in [-0.4, -0.2) is 6.72 Å². The van der Waals surface area contributed by atoms with Crippen LogP contribution in [0.5, 0.6) is 0 Å². The standard InChI is InChI=1S/C6H11NS/c1-5(2)6(8)4-7-3/h4-5,8H,3H2,1-2H3/b6-4-. The van der Waals surface area contributed by atoms with Gasteiger partial charge in [0.1, 0.15) is 0 Å². The van der Waals surface area contributed by atoms with E-state index in [2.05, 4.69) is 38.2 Å². The monoisotopic (exact) mass is 129 g/mol. The van der Waals surface area contributed by atoms with E-state index in [0.29, 0.717) is 5.92 Å². The Morgan fingerprint density at radius 3 is 2.38 bits per heavy atom. The van der Waals surface area contributed by atoms with Gasteiger partial charge in [-0.3, -0.25) is 4.99 Å². The third kappa shape index (κ3) is 2.86. The first-order valence-electron chi connectivity index (χ1n) is 2.53. The lowest BCUT2D eigenvalue weighted by Gasteiger charge is -1.98. The normalized spacial score (nSPS) is 12.2. The molecule has 0 radical (unpaired) electrons. The summed E-state index contributed by atoms with van der Waals surface area (Å²) in [6.07, 6.45) is 1.66. The van der Waals surface area contributed by atoms with E-state index in [1.54, 1.807) is 6.20 Å². The van der Waals surface area contributed by atoms with E-state index in [4.69, 9.17) is 0 Å². The highest BCUT2D eigenvalue weighted by atomic mass is 32.1. The molecule has 0 aromatic carbocycles. The fourth-order valence-corrected chi connectivity index (χ4v) is 0.324. The molecule has 0 heterocycles. The van der Waals surface area contributed by atoms with Crippen LogP contribution < -0.4 is 0 Å². The zero-order chi connectivity index (χ0) is 6.57. The fourth-order valence-electron chi connectivity index (χ4n) is 0.243. The summed E-state index contributed by atoms with van der Waals surface area (Å²) in [5, 5.41) is 0. The highest BCUT2D eigenvalue weighted by Crippen LogP contribution is 2.12. The van der Waals surface area contributed by atoms with Crippen molar-refractivity contribution in [3.05, 3.63) is 11.1 Å². The van der Waals surface area contributed by atoms with Crippen molar-refractivity contribution in [2.24, 2.45) is 10.9 Å². The molecule has 0 rings (SSSR count). The van der Waals surface area contributed by atoms with Crippen LogP contribution in [0, 0.1) is 5.92 Å². The number of hydrogen-bond acceptors (Lipinski definition) is 2. The molecule has 0 aliphatic heterocycles. The summed E-state index contributed by atoms with van der Waals surface area (Å²) < 4.78 is 0. The minimum atomic E-state index is 0.462. The number of thiol groups is 1. The van der Waals surface area contributed by atoms with Crippen molar-refractivity contribution in [1.29, 1.82) is 0 Å². The molecule has 8 heavy (non-hydrogen) atoms. The second-order valence-corrected chi connectivity index (χ2v) is 2.41. The van der Waals surface area contributed by atoms with E-state index in [-0.39, 0.29) is 0 Å². The van der Waals surface area contributed by atoms with E-state index in [0.717, 1.165) is 4.91 Å². The molecule has 0 saturated carbocycles. The first-order chi connectivity index (χ1) is 3.68. The molecule has 0 aromatic rings. The van der Waals surface area contributed by atoms with Crippen molar-refractivity contribution in [1.82, 2.24) is 0 Å². The minimum Gasteiger partial charge on any atom is -0.272 e. The molecule has 0 aliphatic carbocycles. The van der Waals surface area contributed by atoms with Crippen LogP contribution in [0.15, 0.2) is 16.1 Å². The number of nitrogens with zero attached hydrogens (tertiary/aromatic N) is 1. The third-order valence-corrected chi connectivity index (χ3v) is 1.45. The summed E-state index contributed by atoms with van der Waals surface area (Å²) in [4.78, 5) is 4.54. The maximum Gasteiger partial charge on any atom is 0.0355 e. The molecular formula is C6H11NS. The summed E-state index contributed by atoms with van der Waals surface area (Å²) in [5.41, 5.74) is 0. The second-order valence-electron chi connectivity index (χ2n) is 1.89. The molecule has 2 heteroatoms. The summed E-state index contributed by atoms with van der Waals surface area (Å²) in [6, 6.07) is 0. The zero-order valence-electron chi connectivity index (χ0n) is 5.26. The van der Waals surface area contributed by atoms with E-state index in [1.165, 1.54) is 0 Å². The van der Waals surface area contributed by atoms with Crippen molar-refractivity contribution in [2.45, 2.75) is 13.8 Å². The van der Waals surface area contributed by atoms with Crippen molar-refractivity contribution in [3.8, 4) is 0 Å². The van der Waals surface area contributed by atoms with Gasteiger partial charge < -0.3 is 0 Å². The van der Waals surface area contributed by atoms with Gasteiger partial charge in [0, 0.05) is 11.1 Å². The van der Waals surface area contributed by atoms with E-state index in [9.17, 15) is 0 Å². The zero-order valence-corrected chi connectivity index (χ0v) is 6.15. The Morgan fingerprint density at radius 1 is 1.75 bits per heavy atom. The van der Waals surface area contributed by atoms with Gasteiger partial charge in [-0.1, -0.05) is 13.8 Å². The van der Waals surface area contributed by atoms with Crippen LogP contribution >= 0.6 is 12.6 Å². The van der Waals surface area contributed by atoms with Crippen LogP contribution in [-0.2, 0) is 0 Å². The SMILES string of the molecule is C=N/C=C(\S)C(C)C. The topological polar surface area (TPSA) is 12.4 Å². The van der Waals surface area contributed by atoms with Crippen molar-refractivity contribution in [2.75, 3.05) is 0 Å². The van der Waals surface area contributed by atoms with Crippen LogP contribution in [0.3, 0.4) is 0 Å². The Kier molecular flexibility index (Phi) is 3.61. The summed E-state index contributed by atoms with van der Waals surface area (Å²) in [6.45, 7) is 7.43. The molecular weight excluding hydrogens is 118 g/mol. The predicted molar refractivity (Wildman–Crippen MR) is 41.5 cm³/mol. The predicted octanol–water partition coefficient (Wildman–Crippen LogP) is 2.11. The lowest BCUT2D eigenvalue weighted by atomic mass is 10.2. The van der Waals surface area contributed by atoms with Gasteiger partial charge in [-0.05, 0) is 12.6 Å². The highest BCUT2D eigenvalue weighted by molar-refractivity contribution is 7.84. The molecule has 0 N–H and O–H groups in total. The van der Waals surface area contributed by atoms with Crippen LogP contribution in [0.25, 0.3) is 0 Å². The highest BCUT2D eigenvalue weighted by Gasteiger charge is 1.93. The molecule has 0 aromatic heterocycles. The number of hydrogen-bond donors (Lipinski definition) is 1. The maximum atomic E-state index is 4.13. The molecule has 0 spiro atoms. The van der Waals surface area contributed by atoms with Crippen LogP contribution in [0.4, 0.5) is 0 Å². The van der Waals surface area contributed by atoms with Crippen molar-refractivity contribution >= 4 is 19.3 Å². The molecule has 0 atom stereocenters. The molecule has 0 amide bonds. The third-order valence-electron chi connectivity index (χ3n) is 0.815. The quantitative estimate of drug-likeness (QED) is 0.433. The van der Waals surface area contributed by atoms with Crippen LogP contribution in [0.1, 0.15) is 13.8 Å². The summed E-state index contributed by atoms with van der Waals surface area (Å²) in [5.74, 6) is 0.462. The van der Waals surface area contributed by atoms with Gasteiger partial charge in [0.25, 0.3) is 0 Å². The smallest absolute Gasteiger partial charge is 0.0355 e. The van der Waals surface area contributed by atoms with Gasteiger partial charge in [0.15, 0.2) is 0 Å². The summed E-state index contributed by atoms with van der Waals surface area (Å²) in [7, 11) is 0. The lowest BCUT2D eigenvalue weighted by molar-refractivity contribution is 0.815. The van der Waals surface area contributed by atoms with Crippen molar-refractivity contribution in [3.63, 3.8) is 0 Å². The molecule has 0 bridgehead atoms. The maximum absolute atomic E-state index is 4.13. The molecule has 0 aliphatic rings. The average molecular weight is 129 g/mol. The van der Waals surface area contributed by atoms with Gasteiger partial charge in [-0.2, -0.15) is 0 Å². The second kappa shape index (κ2) is 3.72. The van der Waals surface area contributed by atoms with Gasteiger partial charge >= 0.3 is 0 Å². The largest absolute Gasteiger partial charge is 0.272 e. The van der Waals surface area contributed by atoms with Gasteiger partial charge in [0.05, 0.1) is 0 Å². The Morgan fingerprint density at radius 2 is 2.25 bits per heavy atom. The molecule has 0 unspecified atom stereocenters. The number of allylic oxidation sites excluding steroid dienone is 1. The Hall–Kier alpha value is -0.240. The first-order valence-corrected chi connectivity index (χ1v) is 2.98. The van der Waals surface area contributed by atoms with E-state index in [1.807, 2.05) is 0 Å². The molecule has 0 fully saturated rings. The Labute approximate surface area is 55.9 Å². The molecule has 1 nitrogen and oxygen atoms in total. The number of aliphatic imine (C=N–C) groups is 1. The van der Waals surface area contributed by atoms with Gasteiger partial charge in [0.2, 0.25) is 0 Å². The molecule has 46 valence electrons. The Balaban J connectivity index is 3.78. The summed E-state index contributed by atoms with van der Waals surface area (Å²) >= 11 is 4.13. The van der Waals surface area contributed by atoms with Gasteiger partial charge in [-0.25, -0.2) is 0 Å². The van der Waals surface area contributed by atoms with E-state index < -0.39 is 0 Å². The lowest BCUT2D eigenvalue weighted by Crippen LogP contribution is -1.83. The minimum absolute atomic E-state index is 0.462. The van der Waals surface area contributed by atoms with Gasteiger partial charge in [-0.15, -0.1) is 12.6 Å². The van der Waals surface area contributed by atoms with E-state index >= 15 is 0 Å². The first kappa shape index (κ1) is 7.76. The van der Waals surface area contributed by atoms with Crippen LogP contribution in [0.2, 0.25) is 0 Å². The van der Waals surface area contributed by atoms with Crippen molar-refractivity contribution < 1.29 is 0 Å². The number of rotatable bonds is 2. The fraction of sp³-hybridized carbons (Fsp3) is 0.500. The average Bonchev–Trinajstić information content (AvgIpc) is 1.67.